The van der Waals surface area contributed by atoms with Crippen LogP contribution in [0.1, 0.15) is 23.0 Å². The van der Waals surface area contributed by atoms with Crippen molar-refractivity contribution < 1.29 is 23.2 Å². The number of amides is 4. The molecular weight excluding hydrogens is 377 g/mol. The molecule has 8 heteroatoms. The van der Waals surface area contributed by atoms with Crippen molar-refractivity contribution in [2.45, 2.75) is 12.5 Å². The summed E-state index contributed by atoms with van der Waals surface area (Å²) < 4.78 is 19.4. The van der Waals surface area contributed by atoms with Gasteiger partial charge in [0.05, 0.1) is 5.56 Å². The highest BCUT2D eigenvalue weighted by Crippen LogP contribution is 2.28. The summed E-state index contributed by atoms with van der Waals surface area (Å²) in [6, 6.07) is 15.0. The van der Waals surface area contributed by atoms with E-state index in [1.807, 2.05) is 0 Å². The van der Waals surface area contributed by atoms with Crippen molar-refractivity contribution in [1.82, 2.24) is 10.6 Å². The van der Waals surface area contributed by atoms with Crippen molar-refractivity contribution >= 4 is 23.5 Å². The number of anilines is 1. The molecule has 4 rings (SSSR count). The topological polar surface area (TPSA) is 100 Å². The molecule has 1 atom stereocenters. The Morgan fingerprint density at radius 3 is 2.59 bits per heavy atom. The monoisotopic (exact) mass is 393 g/mol. The Hall–Kier alpha value is -3.94. The highest BCUT2D eigenvalue weighted by atomic mass is 19.1. The van der Waals surface area contributed by atoms with E-state index in [0.29, 0.717) is 11.3 Å². The highest BCUT2D eigenvalue weighted by molar-refractivity contribution is 6.07. The van der Waals surface area contributed by atoms with Gasteiger partial charge < -0.3 is 15.1 Å². The summed E-state index contributed by atoms with van der Waals surface area (Å²) in [6.45, 7) is 1.57. The lowest BCUT2D eigenvalue weighted by Gasteiger charge is -2.21. The van der Waals surface area contributed by atoms with Crippen LogP contribution in [0.25, 0.3) is 11.3 Å². The smallest absolute Gasteiger partial charge is 0.322 e. The van der Waals surface area contributed by atoms with Gasteiger partial charge >= 0.3 is 6.03 Å². The van der Waals surface area contributed by atoms with Crippen LogP contribution in [0.15, 0.2) is 65.1 Å². The third-order valence-corrected chi connectivity index (χ3v) is 4.71. The van der Waals surface area contributed by atoms with Crippen LogP contribution >= 0.6 is 0 Å². The van der Waals surface area contributed by atoms with Crippen molar-refractivity contribution in [3.63, 3.8) is 0 Å². The molecule has 0 bridgehead atoms. The van der Waals surface area contributed by atoms with E-state index in [9.17, 15) is 18.8 Å². The van der Waals surface area contributed by atoms with Crippen molar-refractivity contribution in [1.29, 1.82) is 0 Å². The Bertz CT molecular complexity index is 1140. The van der Waals surface area contributed by atoms with Gasteiger partial charge in [0.1, 0.15) is 17.1 Å². The molecule has 2 heterocycles. The minimum Gasteiger partial charge on any atom is -0.451 e. The second-order valence-corrected chi connectivity index (χ2v) is 6.71. The number of halogens is 1. The number of furan rings is 1. The van der Waals surface area contributed by atoms with Gasteiger partial charge in [-0.1, -0.05) is 24.3 Å². The molecule has 1 aromatic heterocycles. The Kier molecular flexibility index (Phi) is 4.38. The minimum absolute atomic E-state index is 0.00628. The third-order valence-electron chi connectivity index (χ3n) is 4.71. The first-order valence-corrected chi connectivity index (χ1v) is 8.77. The largest absolute Gasteiger partial charge is 0.451 e. The fraction of sp³-hybridized carbons (Fsp3) is 0.0952. The van der Waals surface area contributed by atoms with Gasteiger partial charge in [-0.3, -0.25) is 14.9 Å². The summed E-state index contributed by atoms with van der Waals surface area (Å²) in [4.78, 5) is 36.1. The fourth-order valence-corrected chi connectivity index (χ4v) is 3.11. The first-order valence-electron chi connectivity index (χ1n) is 8.77. The lowest BCUT2D eigenvalue weighted by Crippen LogP contribution is -2.40. The Morgan fingerprint density at radius 1 is 1.07 bits per heavy atom. The molecule has 146 valence electrons. The summed E-state index contributed by atoms with van der Waals surface area (Å²) in [5, 5.41) is 7.44. The first kappa shape index (κ1) is 18.4. The number of rotatable bonds is 4. The maximum absolute atomic E-state index is 13.9. The van der Waals surface area contributed by atoms with Crippen LogP contribution in [0.4, 0.5) is 14.9 Å². The molecular formula is C21H16FN3O4. The fourth-order valence-electron chi connectivity index (χ4n) is 3.11. The quantitative estimate of drug-likeness (QED) is 0.592. The summed E-state index contributed by atoms with van der Waals surface area (Å²) in [5.41, 5.74) is -0.0679. The Balaban J connectivity index is 1.55. The molecule has 1 aliphatic rings. The number of hydrogen-bond donors (Lipinski definition) is 3. The molecule has 1 aliphatic heterocycles. The molecule has 0 aliphatic carbocycles. The van der Waals surface area contributed by atoms with Gasteiger partial charge in [-0.25, -0.2) is 9.18 Å². The van der Waals surface area contributed by atoms with Crippen LogP contribution in [0.2, 0.25) is 0 Å². The molecule has 0 radical (unpaired) electrons. The number of nitrogens with one attached hydrogen (secondary N) is 3. The number of hydrogen-bond acceptors (Lipinski definition) is 4. The lowest BCUT2D eigenvalue weighted by molar-refractivity contribution is -0.123. The van der Waals surface area contributed by atoms with Gasteiger partial charge in [0.25, 0.3) is 11.8 Å². The van der Waals surface area contributed by atoms with Crippen LogP contribution in [0.5, 0.6) is 0 Å². The summed E-state index contributed by atoms with van der Waals surface area (Å²) in [7, 11) is 0. The van der Waals surface area contributed by atoms with Crippen molar-refractivity contribution in [3.05, 3.63) is 77.8 Å². The highest BCUT2D eigenvalue weighted by Gasteiger charge is 2.43. The average Bonchev–Trinajstić information content (AvgIpc) is 3.28. The Morgan fingerprint density at radius 2 is 1.86 bits per heavy atom. The van der Waals surface area contributed by atoms with E-state index in [1.54, 1.807) is 49.4 Å². The molecule has 0 spiro atoms. The van der Waals surface area contributed by atoms with Crippen LogP contribution in [0, 0.1) is 5.82 Å². The molecule has 3 N–H and O–H groups in total. The van der Waals surface area contributed by atoms with Crippen LogP contribution < -0.4 is 16.0 Å². The minimum atomic E-state index is -1.24. The number of carbonyl (C=O) groups is 3. The van der Waals surface area contributed by atoms with Crippen molar-refractivity contribution in [2.75, 3.05) is 5.32 Å². The first-order chi connectivity index (χ1) is 13.9. The van der Waals surface area contributed by atoms with Crippen molar-refractivity contribution in [2.24, 2.45) is 0 Å². The number of carbonyl (C=O) groups excluding carboxylic acids is 3. The standard InChI is InChI=1S/C21H16FN3O4/c1-21(19(27)24-20(28)25-21)12-5-4-6-13(11-12)23-18(26)17-10-9-16(29-17)14-7-2-3-8-15(14)22/h2-11H,1H3,(H,23,26)(H2,24,25,27,28)/t21-/m1/s1. The molecule has 0 unspecified atom stereocenters. The number of benzene rings is 2. The number of imide groups is 1. The summed E-state index contributed by atoms with van der Waals surface area (Å²) in [5.74, 6) is -1.22. The van der Waals surface area contributed by atoms with Crippen molar-refractivity contribution in [3.8, 4) is 11.3 Å². The van der Waals surface area contributed by atoms with Crippen LogP contribution in [-0.4, -0.2) is 17.8 Å². The second kappa shape index (κ2) is 6.90. The Labute approximate surface area is 164 Å². The van der Waals surface area contributed by atoms with Gasteiger partial charge in [-0.2, -0.15) is 0 Å². The van der Waals surface area contributed by atoms with E-state index in [4.69, 9.17) is 4.42 Å². The zero-order valence-corrected chi connectivity index (χ0v) is 15.3. The average molecular weight is 393 g/mol. The van der Waals surface area contributed by atoms with Gasteiger partial charge in [-0.15, -0.1) is 0 Å². The predicted octanol–water partition coefficient (Wildman–Crippen LogP) is 3.39. The molecule has 2 aromatic carbocycles. The maximum Gasteiger partial charge on any atom is 0.322 e. The molecule has 0 saturated carbocycles. The molecule has 4 amide bonds. The molecule has 29 heavy (non-hydrogen) atoms. The summed E-state index contributed by atoms with van der Waals surface area (Å²) >= 11 is 0. The van der Waals surface area contributed by atoms with Crippen LogP contribution in [-0.2, 0) is 10.3 Å². The third kappa shape index (κ3) is 3.36. The van der Waals surface area contributed by atoms with Gasteiger partial charge in [0.15, 0.2) is 5.76 Å². The summed E-state index contributed by atoms with van der Waals surface area (Å²) in [6.07, 6.45) is 0. The van der Waals surface area contributed by atoms with E-state index in [2.05, 4.69) is 16.0 Å². The molecule has 3 aromatic rings. The number of urea groups is 1. The normalized spacial score (nSPS) is 18.3. The van der Waals surface area contributed by atoms with Gasteiger partial charge in [0.2, 0.25) is 0 Å². The zero-order chi connectivity index (χ0) is 20.6. The molecule has 1 saturated heterocycles. The second-order valence-electron chi connectivity index (χ2n) is 6.71. The predicted molar refractivity (Wildman–Crippen MR) is 103 cm³/mol. The zero-order valence-electron chi connectivity index (χ0n) is 15.3. The van der Waals surface area contributed by atoms with E-state index in [1.165, 1.54) is 18.2 Å². The van der Waals surface area contributed by atoms with Gasteiger partial charge in [0, 0.05) is 5.69 Å². The maximum atomic E-state index is 13.9. The lowest BCUT2D eigenvalue weighted by atomic mass is 9.92. The van der Waals surface area contributed by atoms with E-state index in [0.717, 1.165) is 0 Å². The van der Waals surface area contributed by atoms with E-state index in [-0.39, 0.29) is 17.1 Å². The SMILES string of the molecule is C[C@]1(c2cccc(NC(=O)c3ccc(-c4ccccc4F)o3)c2)NC(=O)NC1=O. The van der Waals surface area contributed by atoms with Gasteiger partial charge in [-0.05, 0) is 48.9 Å². The van der Waals surface area contributed by atoms with E-state index < -0.39 is 29.2 Å². The van der Waals surface area contributed by atoms with E-state index >= 15 is 0 Å². The molecule has 1 fully saturated rings. The molecule has 7 nitrogen and oxygen atoms in total. The van der Waals surface area contributed by atoms with Crippen LogP contribution in [0.3, 0.4) is 0 Å².